The van der Waals surface area contributed by atoms with E-state index < -0.39 is 12.1 Å². The maximum Gasteiger partial charge on any atom is 0.331 e. The Morgan fingerprint density at radius 2 is 1.93 bits per heavy atom. The summed E-state index contributed by atoms with van der Waals surface area (Å²) in [5.74, 6) is 0.846. The van der Waals surface area contributed by atoms with Gasteiger partial charge in [0.1, 0.15) is 5.75 Å². The monoisotopic (exact) mass is 364 g/mol. The topological polar surface area (TPSA) is 74.5 Å². The van der Waals surface area contributed by atoms with Crippen LogP contribution in [0.15, 0.2) is 59.0 Å². The molecule has 2 aromatic carbocycles. The molecule has 0 fully saturated rings. The van der Waals surface area contributed by atoms with Gasteiger partial charge < -0.3 is 13.9 Å². The Kier molecular flexibility index (Phi) is 5.66. The molecule has 0 saturated heterocycles. The molecule has 0 N–H and O–H groups in total. The number of nitrogens with zero attached hydrogens (tertiary/aromatic N) is 2. The highest BCUT2D eigenvalue weighted by Crippen LogP contribution is 2.24. The molecule has 0 radical (unpaired) electrons. The molecule has 0 bridgehead atoms. The van der Waals surface area contributed by atoms with Gasteiger partial charge in [-0.05, 0) is 49.8 Å². The molecule has 6 nitrogen and oxygen atoms in total. The smallest absolute Gasteiger partial charge is 0.331 e. The van der Waals surface area contributed by atoms with Crippen molar-refractivity contribution < 1.29 is 18.7 Å². The van der Waals surface area contributed by atoms with Crippen molar-refractivity contribution in [1.29, 1.82) is 0 Å². The molecule has 1 aromatic heterocycles. The first-order chi connectivity index (χ1) is 13.0. The highest BCUT2D eigenvalue weighted by Gasteiger charge is 2.18. The zero-order valence-electron chi connectivity index (χ0n) is 15.4. The summed E-state index contributed by atoms with van der Waals surface area (Å²) in [6.45, 7) is 3.68. The number of hydrogen-bond donors (Lipinski definition) is 0. The molecule has 0 unspecified atom stereocenters. The second-order valence-electron chi connectivity index (χ2n) is 6.00. The SMILES string of the molecule is COc1ccc(-c2nnc([C@H](C)OC(=O)/C=C/c3cccc(C)c3)o2)cc1. The van der Waals surface area contributed by atoms with Crippen LogP contribution in [-0.4, -0.2) is 23.3 Å². The average molecular weight is 364 g/mol. The number of methoxy groups -OCH3 is 1. The van der Waals surface area contributed by atoms with Crippen molar-refractivity contribution in [3.63, 3.8) is 0 Å². The van der Waals surface area contributed by atoms with E-state index in [1.54, 1.807) is 32.2 Å². The van der Waals surface area contributed by atoms with Gasteiger partial charge in [-0.1, -0.05) is 29.8 Å². The Morgan fingerprint density at radius 1 is 1.15 bits per heavy atom. The Bertz CT molecular complexity index is 945. The van der Waals surface area contributed by atoms with Crippen LogP contribution in [0.4, 0.5) is 0 Å². The number of rotatable bonds is 6. The highest BCUT2D eigenvalue weighted by atomic mass is 16.6. The third-order valence-electron chi connectivity index (χ3n) is 3.87. The fourth-order valence-corrected chi connectivity index (χ4v) is 2.45. The molecule has 3 aromatic rings. The number of esters is 1. The molecule has 27 heavy (non-hydrogen) atoms. The Hall–Kier alpha value is -3.41. The summed E-state index contributed by atoms with van der Waals surface area (Å²) in [4.78, 5) is 12.0. The Balaban J connectivity index is 1.63. The molecule has 0 aliphatic heterocycles. The number of ether oxygens (including phenoxy) is 2. The quantitative estimate of drug-likeness (QED) is 0.477. The second kappa shape index (κ2) is 8.31. The van der Waals surface area contributed by atoms with E-state index in [-0.39, 0.29) is 5.89 Å². The maximum absolute atomic E-state index is 12.0. The third kappa shape index (κ3) is 4.82. The standard InChI is InChI=1S/C21H20N2O4/c1-14-5-4-6-16(13-14)7-12-19(24)26-15(2)20-22-23-21(27-20)17-8-10-18(25-3)11-9-17/h4-13,15H,1-3H3/b12-7+/t15-/m0/s1. The van der Waals surface area contributed by atoms with Crippen molar-refractivity contribution in [3.05, 3.63) is 71.6 Å². The van der Waals surface area contributed by atoms with E-state index in [1.165, 1.54) is 6.08 Å². The molecule has 1 atom stereocenters. The summed E-state index contributed by atoms with van der Waals surface area (Å²) < 4.78 is 16.1. The van der Waals surface area contributed by atoms with Crippen LogP contribution in [0, 0.1) is 6.92 Å². The van der Waals surface area contributed by atoms with Crippen LogP contribution in [0.2, 0.25) is 0 Å². The summed E-state index contributed by atoms with van der Waals surface area (Å²) in [7, 11) is 1.60. The molecule has 0 saturated carbocycles. The van der Waals surface area contributed by atoms with E-state index in [1.807, 2.05) is 43.3 Å². The van der Waals surface area contributed by atoms with E-state index in [4.69, 9.17) is 13.9 Å². The molecule has 138 valence electrons. The van der Waals surface area contributed by atoms with Gasteiger partial charge in [-0.15, -0.1) is 10.2 Å². The minimum Gasteiger partial charge on any atom is -0.497 e. The summed E-state index contributed by atoms with van der Waals surface area (Å²) in [5, 5.41) is 7.98. The molecular formula is C21H20N2O4. The van der Waals surface area contributed by atoms with Gasteiger partial charge in [0.2, 0.25) is 5.89 Å². The highest BCUT2D eigenvalue weighted by molar-refractivity contribution is 5.87. The molecule has 6 heteroatoms. The van der Waals surface area contributed by atoms with Crippen molar-refractivity contribution in [3.8, 4) is 17.2 Å². The average Bonchev–Trinajstić information content (AvgIpc) is 3.17. The number of benzene rings is 2. The fraction of sp³-hybridized carbons (Fsp3) is 0.190. The molecule has 3 rings (SSSR count). The van der Waals surface area contributed by atoms with Gasteiger partial charge in [-0.2, -0.15) is 0 Å². The molecule has 0 amide bonds. The van der Waals surface area contributed by atoms with Crippen LogP contribution >= 0.6 is 0 Å². The summed E-state index contributed by atoms with van der Waals surface area (Å²) in [6, 6.07) is 15.1. The lowest BCUT2D eigenvalue weighted by Gasteiger charge is -2.06. The van der Waals surface area contributed by atoms with E-state index in [9.17, 15) is 4.79 Å². The number of hydrogen-bond acceptors (Lipinski definition) is 6. The minimum absolute atomic E-state index is 0.234. The molecule has 0 spiro atoms. The van der Waals surface area contributed by atoms with Crippen LogP contribution in [-0.2, 0) is 9.53 Å². The Labute approximate surface area is 157 Å². The summed E-state index contributed by atoms with van der Waals surface area (Å²) in [6.07, 6.45) is 2.43. The number of carbonyl (C=O) groups is 1. The first kappa shape index (κ1) is 18.4. The number of aryl methyl sites for hydroxylation is 1. The predicted molar refractivity (Wildman–Crippen MR) is 101 cm³/mol. The van der Waals surface area contributed by atoms with E-state index in [0.29, 0.717) is 5.89 Å². The fourth-order valence-electron chi connectivity index (χ4n) is 2.45. The normalized spacial score (nSPS) is 12.1. The number of aromatic nitrogens is 2. The first-order valence-electron chi connectivity index (χ1n) is 8.48. The van der Waals surface area contributed by atoms with E-state index in [2.05, 4.69) is 10.2 Å². The van der Waals surface area contributed by atoms with Crippen LogP contribution in [0.1, 0.15) is 30.0 Å². The van der Waals surface area contributed by atoms with Crippen LogP contribution in [0.25, 0.3) is 17.5 Å². The lowest BCUT2D eigenvalue weighted by atomic mass is 10.1. The van der Waals surface area contributed by atoms with Gasteiger partial charge in [0, 0.05) is 11.6 Å². The van der Waals surface area contributed by atoms with Gasteiger partial charge in [0.15, 0.2) is 6.10 Å². The molecule has 1 heterocycles. The third-order valence-corrected chi connectivity index (χ3v) is 3.87. The minimum atomic E-state index is -0.654. The van der Waals surface area contributed by atoms with Crippen molar-refractivity contribution >= 4 is 12.0 Å². The largest absolute Gasteiger partial charge is 0.497 e. The van der Waals surface area contributed by atoms with Gasteiger partial charge in [0.05, 0.1) is 7.11 Å². The van der Waals surface area contributed by atoms with Crippen LogP contribution in [0.5, 0.6) is 5.75 Å². The van der Waals surface area contributed by atoms with Gasteiger partial charge in [-0.25, -0.2) is 4.79 Å². The second-order valence-corrected chi connectivity index (χ2v) is 6.00. The van der Waals surface area contributed by atoms with Crippen LogP contribution in [0.3, 0.4) is 0 Å². The van der Waals surface area contributed by atoms with E-state index >= 15 is 0 Å². The Morgan fingerprint density at radius 3 is 2.63 bits per heavy atom. The maximum atomic E-state index is 12.0. The lowest BCUT2D eigenvalue weighted by molar-refractivity contribution is -0.143. The van der Waals surface area contributed by atoms with Gasteiger partial charge in [-0.3, -0.25) is 0 Å². The lowest BCUT2D eigenvalue weighted by Crippen LogP contribution is -2.06. The van der Waals surface area contributed by atoms with E-state index in [0.717, 1.165) is 22.4 Å². The summed E-state index contributed by atoms with van der Waals surface area (Å²) in [5.41, 5.74) is 2.81. The van der Waals surface area contributed by atoms with Gasteiger partial charge >= 0.3 is 5.97 Å². The van der Waals surface area contributed by atoms with Crippen molar-refractivity contribution in [2.45, 2.75) is 20.0 Å². The molecular weight excluding hydrogens is 344 g/mol. The summed E-state index contributed by atoms with van der Waals surface area (Å²) >= 11 is 0. The van der Waals surface area contributed by atoms with Crippen molar-refractivity contribution in [1.82, 2.24) is 10.2 Å². The molecule has 0 aliphatic carbocycles. The molecule has 0 aliphatic rings. The number of carbonyl (C=O) groups excluding carboxylic acids is 1. The van der Waals surface area contributed by atoms with Gasteiger partial charge in [0.25, 0.3) is 5.89 Å². The predicted octanol–water partition coefficient (Wildman–Crippen LogP) is 4.37. The zero-order valence-corrected chi connectivity index (χ0v) is 15.4. The zero-order chi connectivity index (χ0) is 19.2. The first-order valence-corrected chi connectivity index (χ1v) is 8.48. The van der Waals surface area contributed by atoms with Crippen molar-refractivity contribution in [2.75, 3.05) is 7.11 Å². The van der Waals surface area contributed by atoms with Crippen molar-refractivity contribution in [2.24, 2.45) is 0 Å². The van der Waals surface area contributed by atoms with Crippen LogP contribution < -0.4 is 4.74 Å².